The molecule has 21 aromatic carbocycles. The highest BCUT2D eigenvalue weighted by Crippen LogP contribution is 2.50. The zero-order valence-electron chi connectivity index (χ0n) is 78.1. The molecular formula is C131H90N6O2S2. The van der Waals surface area contributed by atoms with Gasteiger partial charge in [-0.3, -0.25) is 0 Å². The van der Waals surface area contributed by atoms with Crippen LogP contribution < -0.4 is 0 Å². The number of para-hydroxylation sites is 9. The van der Waals surface area contributed by atoms with E-state index in [0.717, 1.165) is 33.1 Å². The Balaban J connectivity index is 0.0000000885. The summed E-state index contributed by atoms with van der Waals surface area (Å²) in [6, 6.07) is 163. The molecule has 0 aliphatic heterocycles. The summed E-state index contributed by atoms with van der Waals surface area (Å²) in [6.07, 6.45) is 0. The van der Waals surface area contributed by atoms with Crippen molar-refractivity contribution in [2.45, 2.75) is 34.6 Å². The minimum Gasteiger partial charge on any atom is -0.456 e. The maximum absolute atomic E-state index is 6.16. The van der Waals surface area contributed by atoms with E-state index < -0.39 is 0 Å². The van der Waals surface area contributed by atoms with Gasteiger partial charge in [-0.1, -0.05) is 296 Å². The van der Waals surface area contributed by atoms with Crippen LogP contribution >= 0.6 is 22.7 Å². The summed E-state index contributed by atoms with van der Waals surface area (Å²) in [6.45, 7) is 10.7. The maximum atomic E-state index is 6.16. The fraction of sp³-hybridized carbons (Fsp3) is 0.0382. The van der Waals surface area contributed by atoms with Gasteiger partial charge in [0.05, 0.1) is 77.0 Å². The van der Waals surface area contributed by atoms with Crippen LogP contribution in [0.4, 0.5) is 0 Å². The first kappa shape index (κ1) is 82.9. The first-order chi connectivity index (χ1) is 69.5. The van der Waals surface area contributed by atoms with E-state index in [4.69, 9.17) is 8.83 Å². The highest BCUT2D eigenvalue weighted by atomic mass is 32.1. The molecular weight excluding hydrogens is 1750 g/mol. The van der Waals surface area contributed by atoms with Gasteiger partial charge in [-0.15, -0.1) is 22.7 Å². The topological polar surface area (TPSA) is 55.9 Å². The van der Waals surface area contributed by atoms with Gasteiger partial charge in [-0.25, -0.2) is 0 Å². The van der Waals surface area contributed by atoms with Crippen molar-refractivity contribution in [2.75, 3.05) is 0 Å². The molecule has 0 spiro atoms. The van der Waals surface area contributed by atoms with Gasteiger partial charge in [-0.05, 0) is 221 Å². The van der Waals surface area contributed by atoms with Crippen LogP contribution in [0.2, 0.25) is 0 Å². The minimum absolute atomic E-state index is 0.930. The van der Waals surface area contributed by atoms with E-state index in [9.17, 15) is 0 Å². The third-order valence-electron chi connectivity index (χ3n) is 28.5. The summed E-state index contributed by atoms with van der Waals surface area (Å²) in [5.41, 5.74) is 32.2. The SMILES string of the molecule is Cc1ccc(-n2c3ccccc3c3ccc4oc5ccccc5c4c32)cc1.Cc1ccc(-n2c3ccccc3c3ccc4sc5ccccc5c4c32)cc1.Cc1cccc(-n2c3ccccc3c3ccc4c5ccccc5n(-c5ccccc5)c4c32)c1.Cc1cccc(-n2c3ccccc3c3ccc4oc5ccccc5c4c32)c1.Cc1cccc(-n2c3ccccc3c3ccc4sc5ccccc5c4c32)c1. The Labute approximate surface area is 819 Å². The molecule has 0 unspecified atom stereocenters. The van der Waals surface area contributed by atoms with E-state index >= 15 is 0 Å². The molecule has 0 saturated carbocycles. The number of hydrogen-bond acceptors (Lipinski definition) is 4. The van der Waals surface area contributed by atoms with Crippen LogP contribution in [0.15, 0.2) is 464 Å². The van der Waals surface area contributed by atoms with E-state index in [1.165, 1.54) is 244 Å². The van der Waals surface area contributed by atoms with Crippen LogP contribution in [-0.4, -0.2) is 27.4 Å². The molecule has 0 amide bonds. The smallest absolute Gasteiger partial charge is 0.137 e. The van der Waals surface area contributed by atoms with Crippen LogP contribution in [-0.2, 0) is 0 Å². The maximum Gasteiger partial charge on any atom is 0.137 e. The monoisotopic (exact) mass is 1840 g/mol. The molecule has 0 radical (unpaired) electrons. The Morgan fingerprint density at radius 1 is 0.149 bits per heavy atom. The van der Waals surface area contributed by atoms with Crippen molar-refractivity contribution in [3.8, 4) is 34.1 Å². The molecule has 0 aliphatic rings. The molecule has 10 heteroatoms. The molecule has 0 fully saturated rings. The average molecular weight is 1840 g/mol. The molecule has 10 aromatic heterocycles. The second-order valence-corrected chi connectivity index (χ2v) is 39.4. The van der Waals surface area contributed by atoms with E-state index in [-0.39, 0.29) is 0 Å². The van der Waals surface area contributed by atoms with Gasteiger partial charge in [-0.2, -0.15) is 0 Å². The van der Waals surface area contributed by atoms with Crippen molar-refractivity contribution < 1.29 is 8.83 Å². The Kier molecular flexibility index (Phi) is 19.7. The Morgan fingerprint density at radius 2 is 0.397 bits per heavy atom. The lowest BCUT2D eigenvalue weighted by Gasteiger charge is -2.12. The highest BCUT2D eigenvalue weighted by Gasteiger charge is 2.27. The van der Waals surface area contributed by atoms with E-state index in [2.05, 4.69) is 493 Å². The number of furan rings is 2. The normalized spacial score (nSPS) is 11.9. The number of rotatable bonds is 6. The lowest BCUT2D eigenvalue weighted by atomic mass is 10.1. The largest absolute Gasteiger partial charge is 0.456 e. The summed E-state index contributed by atoms with van der Waals surface area (Å²) in [5, 5.41) is 25.5. The van der Waals surface area contributed by atoms with E-state index in [1.54, 1.807) is 0 Å². The first-order valence-electron chi connectivity index (χ1n) is 48.3. The predicted octanol–water partition coefficient (Wildman–Crippen LogP) is 37.1. The number of nitrogens with zero attached hydrogens (tertiary/aromatic N) is 6. The van der Waals surface area contributed by atoms with Crippen molar-refractivity contribution in [1.82, 2.24) is 27.4 Å². The molecule has 0 N–H and O–H groups in total. The molecule has 0 aliphatic carbocycles. The molecule has 141 heavy (non-hydrogen) atoms. The van der Waals surface area contributed by atoms with Gasteiger partial charge in [0.2, 0.25) is 0 Å². The van der Waals surface area contributed by atoms with Crippen molar-refractivity contribution >= 4 is 238 Å². The quantitative estimate of drug-likeness (QED) is 0.167. The number of aryl methyl sites for hydroxylation is 5. The number of thiophene rings is 2. The van der Waals surface area contributed by atoms with Crippen LogP contribution in [0.1, 0.15) is 27.8 Å². The lowest BCUT2D eigenvalue weighted by molar-refractivity contribution is 0.669. The zero-order chi connectivity index (χ0) is 93.8. The number of benzene rings is 21. The third kappa shape index (κ3) is 13.5. The molecule has 8 nitrogen and oxygen atoms in total. The van der Waals surface area contributed by atoms with Gasteiger partial charge in [0.15, 0.2) is 0 Å². The summed E-state index contributed by atoms with van der Waals surface area (Å²) >= 11 is 3.76. The summed E-state index contributed by atoms with van der Waals surface area (Å²) in [4.78, 5) is 0. The summed E-state index contributed by atoms with van der Waals surface area (Å²) < 4.78 is 32.2. The van der Waals surface area contributed by atoms with Gasteiger partial charge < -0.3 is 36.2 Å². The number of fused-ring (bicyclic) bond motifs is 35. The van der Waals surface area contributed by atoms with Gasteiger partial charge in [0.25, 0.3) is 0 Å². The number of hydrogen-bond donors (Lipinski definition) is 0. The molecule has 0 bridgehead atoms. The zero-order valence-corrected chi connectivity index (χ0v) is 79.8. The van der Waals surface area contributed by atoms with Crippen LogP contribution in [0.5, 0.6) is 0 Å². The summed E-state index contributed by atoms with van der Waals surface area (Å²) in [7, 11) is 0. The molecule has 31 aromatic rings. The van der Waals surface area contributed by atoms with Crippen LogP contribution in [0.25, 0.3) is 249 Å². The number of aromatic nitrogens is 6. The molecule has 0 atom stereocenters. The van der Waals surface area contributed by atoms with E-state index in [1.807, 2.05) is 46.9 Å². The average Bonchev–Trinajstić information content (AvgIpc) is 1.61. The Hall–Kier alpha value is -17.5. The Morgan fingerprint density at radius 3 is 0.745 bits per heavy atom. The predicted molar refractivity (Wildman–Crippen MR) is 602 cm³/mol. The van der Waals surface area contributed by atoms with Crippen molar-refractivity contribution in [3.63, 3.8) is 0 Å². The fourth-order valence-corrected chi connectivity index (χ4v) is 24.7. The van der Waals surface area contributed by atoms with Gasteiger partial charge in [0.1, 0.15) is 22.3 Å². The van der Waals surface area contributed by atoms with E-state index in [0.29, 0.717) is 0 Å². The van der Waals surface area contributed by atoms with Gasteiger partial charge in [0, 0.05) is 150 Å². The summed E-state index contributed by atoms with van der Waals surface area (Å²) in [5.74, 6) is 0. The van der Waals surface area contributed by atoms with Crippen molar-refractivity contribution in [3.05, 3.63) is 483 Å². The second kappa shape index (κ2) is 33.4. The molecule has 0 saturated heterocycles. The molecule has 668 valence electrons. The highest BCUT2D eigenvalue weighted by molar-refractivity contribution is 7.26. The first-order valence-corrected chi connectivity index (χ1v) is 49.9. The van der Waals surface area contributed by atoms with Crippen LogP contribution in [0, 0.1) is 34.6 Å². The fourth-order valence-electron chi connectivity index (χ4n) is 22.4. The third-order valence-corrected chi connectivity index (χ3v) is 30.8. The molecule has 10 heterocycles. The van der Waals surface area contributed by atoms with Crippen molar-refractivity contribution in [2.24, 2.45) is 0 Å². The Bertz CT molecular complexity index is 10000. The lowest BCUT2D eigenvalue weighted by Crippen LogP contribution is -1.98. The van der Waals surface area contributed by atoms with Gasteiger partial charge >= 0.3 is 0 Å². The standard InChI is InChI=1S/C31H22N2.2C25H17NO.2C25H17NS/c1-21-10-9-13-23(20-21)33-29-17-8-6-15-25(29)27-19-18-26-24-14-5-7-16-28(24)32(30(26)31(27)33)22-11-3-2-4-12-22;1-16-7-6-8-17(15-16)26-21-11-4-2-9-18(21)19-13-14-23-24(25(19)26)20-10-3-5-12-22(20)27-23;1-16-10-12-17(13-11-16)26-21-8-4-2-6-18(21)19-14-15-23-24(25(19)26)20-7-3-5-9-22(20)27-23;1-16-7-6-8-17(15-16)26-21-11-4-2-9-18(21)19-13-14-23-24(25(19)26)20-10-3-5-12-22(20)27-23;1-16-10-12-17(13-11-16)26-21-8-4-2-6-18(21)19-14-15-23-24(25(19)26)20-7-3-5-9-22(20)27-23/h2-20H,1H3;4*2-15H,1H3. The van der Waals surface area contributed by atoms with Crippen molar-refractivity contribution in [1.29, 1.82) is 0 Å². The molecule has 31 rings (SSSR count). The second-order valence-electron chi connectivity index (χ2n) is 37.2. The van der Waals surface area contributed by atoms with Crippen LogP contribution in [0.3, 0.4) is 0 Å². The minimum atomic E-state index is 0.930.